The second-order valence-corrected chi connectivity index (χ2v) is 8.09. The molecule has 0 aliphatic carbocycles. The van der Waals surface area contributed by atoms with Crippen LogP contribution < -0.4 is 10.2 Å². The van der Waals surface area contributed by atoms with Gasteiger partial charge in [0.05, 0.1) is 6.54 Å². The van der Waals surface area contributed by atoms with Gasteiger partial charge in [-0.1, -0.05) is 22.0 Å². The molecule has 0 radical (unpaired) electrons. The number of nitrogens with zero attached hydrogens (tertiary/aromatic N) is 2. The Morgan fingerprint density at radius 3 is 2.42 bits per heavy atom. The van der Waals surface area contributed by atoms with Crippen LogP contribution in [0, 0.1) is 0 Å². The number of benzene rings is 1. The molecule has 1 aromatic carbocycles. The molecule has 0 atom stereocenters. The van der Waals surface area contributed by atoms with Crippen LogP contribution in [0.15, 0.2) is 22.7 Å². The first-order valence-electron chi connectivity index (χ1n) is 8.74. The van der Waals surface area contributed by atoms with Crippen LogP contribution in [0.25, 0.3) is 0 Å². The van der Waals surface area contributed by atoms with E-state index >= 15 is 0 Å². The maximum Gasteiger partial charge on any atom is 0.293 e. The molecule has 1 aromatic rings. The van der Waals surface area contributed by atoms with Crippen molar-refractivity contribution < 1.29 is 14.3 Å². The number of ether oxygens (including phenoxy) is 1. The van der Waals surface area contributed by atoms with Crippen LogP contribution in [-0.2, 0) is 20.9 Å². The molecule has 1 N–H and O–H groups in total. The Labute approximate surface area is 165 Å². The first-order chi connectivity index (χ1) is 12.3. The number of nitrogens with one attached hydrogen (secondary N) is 1. The summed E-state index contributed by atoms with van der Waals surface area (Å²) in [5.41, 5.74) is 2.08. The summed E-state index contributed by atoms with van der Waals surface area (Å²) in [4.78, 5) is 24.7. The highest BCUT2D eigenvalue weighted by atomic mass is 79.9. The smallest absolute Gasteiger partial charge is 0.293 e. The van der Waals surface area contributed by atoms with Crippen molar-refractivity contribution in [3.8, 4) is 0 Å². The maximum atomic E-state index is 10.7. The largest absolute Gasteiger partial charge is 0.462 e. The molecular weight excluding hydrogens is 398 g/mol. The van der Waals surface area contributed by atoms with Gasteiger partial charge < -0.3 is 19.7 Å². The van der Waals surface area contributed by atoms with Gasteiger partial charge in [0.1, 0.15) is 11.9 Å². The van der Waals surface area contributed by atoms with Gasteiger partial charge in [0.2, 0.25) is 0 Å². The third-order valence-corrected chi connectivity index (χ3v) is 4.31. The molecule has 0 bridgehead atoms. The topological polar surface area (TPSA) is 61.9 Å². The molecule has 1 fully saturated rings. The number of halogens is 1. The summed E-state index contributed by atoms with van der Waals surface area (Å²) in [6, 6.07) is 6.29. The van der Waals surface area contributed by atoms with Crippen LogP contribution in [-0.4, -0.2) is 63.0 Å². The van der Waals surface area contributed by atoms with Crippen molar-refractivity contribution in [2.45, 2.75) is 32.9 Å². The van der Waals surface area contributed by atoms with E-state index in [0.717, 1.165) is 49.2 Å². The van der Waals surface area contributed by atoms with Crippen LogP contribution in [0.2, 0.25) is 0 Å². The van der Waals surface area contributed by atoms with Crippen molar-refractivity contribution in [1.29, 1.82) is 0 Å². The monoisotopic (exact) mass is 427 g/mol. The summed E-state index contributed by atoms with van der Waals surface area (Å²) in [5, 5.41) is 3.36. The number of hydrogen-bond donors (Lipinski definition) is 1. The highest BCUT2D eigenvalue weighted by Crippen LogP contribution is 2.25. The second-order valence-electron chi connectivity index (χ2n) is 7.17. The lowest BCUT2D eigenvalue weighted by molar-refractivity contribution is -0.138. The molecule has 0 unspecified atom stereocenters. The van der Waals surface area contributed by atoms with Crippen molar-refractivity contribution in [1.82, 2.24) is 10.2 Å². The van der Waals surface area contributed by atoms with E-state index in [4.69, 9.17) is 0 Å². The van der Waals surface area contributed by atoms with E-state index in [0.29, 0.717) is 13.0 Å². The average molecular weight is 428 g/mol. The number of piperazine rings is 1. The number of likely N-dealkylation sites (N-methyl/N-ethyl adjacent to an activating group) is 1. The van der Waals surface area contributed by atoms with Crippen LogP contribution in [0.5, 0.6) is 0 Å². The molecule has 1 aliphatic rings. The van der Waals surface area contributed by atoms with Gasteiger partial charge in [-0.2, -0.15) is 0 Å². The van der Waals surface area contributed by atoms with E-state index < -0.39 is 0 Å². The van der Waals surface area contributed by atoms with E-state index in [1.807, 2.05) is 32.7 Å². The highest BCUT2D eigenvalue weighted by molar-refractivity contribution is 9.10. The predicted molar refractivity (Wildman–Crippen MR) is 109 cm³/mol. The Kier molecular flexibility index (Phi) is 9.83. The minimum atomic E-state index is -0.318. The number of carbonyl (C=O) groups excluding carboxylic acids is 2. The van der Waals surface area contributed by atoms with Crippen LogP contribution in [0.3, 0.4) is 0 Å². The second kappa shape index (κ2) is 11.3. The van der Waals surface area contributed by atoms with Crippen molar-refractivity contribution in [3.63, 3.8) is 0 Å². The SMILES string of the molecule is CC(C)(C)OC=O.CN(CC=O)c1cc(Br)ccc1CN1CCNCC1. The van der Waals surface area contributed by atoms with E-state index in [-0.39, 0.29) is 5.60 Å². The summed E-state index contributed by atoms with van der Waals surface area (Å²) in [6.45, 7) is 11.5. The normalized spacial score (nSPS) is 14.8. The maximum absolute atomic E-state index is 10.7. The molecule has 0 spiro atoms. The Bertz CT molecular complexity index is 570. The van der Waals surface area contributed by atoms with Crippen molar-refractivity contribution in [2.24, 2.45) is 0 Å². The molecule has 26 heavy (non-hydrogen) atoms. The lowest BCUT2D eigenvalue weighted by atomic mass is 10.1. The third-order valence-electron chi connectivity index (χ3n) is 3.81. The molecule has 0 saturated carbocycles. The van der Waals surface area contributed by atoms with Crippen LogP contribution >= 0.6 is 15.9 Å². The molecule has 1 aliphatic heterocycles. The summed E-state index contributed by atoms with van der Waals surface area (Å²) in [5.74, 6) is 0. The standard InChI is InChI=1S/C14H20BrN3O.C5H10O2/c1-17(8-9-19)14-10-13(15)3-2-12(14)11-18-6-4-16-5-7-18;1-5(2,3)7-4-6/h2-3,9-10,16H,4-8,11H2,1H3;4H,1-3H3. The average Bonchev–Trinajstić information content (AvgIpc) is 2.57. The van der Waals surface area contributed by atoms with Crippen LogP contribution in [0.1, 0.15) is 26.3 Å². The molecule has 2 rings (SSSR count). The lowest BCUT2D eigenvalue weighted by Crippen LogP contribution is -2.43. The first-order valence-corrected chi connectivity index (χ1v) is 9.54. The minimum absolute atomic E-state index is 0.318. The zero-order valence-electron chi connectivity index (χ0n) is 16.1. The lowest BCUT2D eigenvalue weighted by Gasteiger charge is -2.29. The van der Waals surface area contributed by atoms with Gasteiger partial charge in [-0.15, -0.1) is 0 Å². The van der Waals surface area contributed by atoms with E-state index in [2.05, 4.69) is 49.1 Å². The number of aldehydes is 1. The zero-order valence-corrected chi connectivity index (χ0v) is 17.7. The summed E-state index contributed by atoms with van der Waals surface area (Å²) in [7, 11) is 1.96. The quantitative estimate of drug-likeness (QED) is 0.703. The van der Waals surface area contributed by atoms with Gasteiger partial charge in [-0.05, 0) is 38.5 Å². The van der Waals surface area contributed by atoms with Crippen molar-refractivity contribution >= 4 is 34.4 Å². The van der Waals surface area contributed by atoms with E-state index in [9.17, 15) is 9.59 Å². The Balaban J connectivity index is 0.000000412. The fourth-order valence-electron chi connectivity index (χ4n) is 2.49. The van der Waals surface area contributed by atoms with Gasteiger partial charge in [-0.3, -0.25) is 9.69 Å². The predicted octanol–water partition coefficient (Wildman–Crippen LogP) is 2.45. The van der Waals surface area contributed by atoms with E-state index in [1.54, 1.807) is 0 Å². The fourth-order valence-corrected chi connectivity index (χ4v) is 2.84. The number of anilines is 1. The summed E-state index contributed by atoms with van der Waals surface area (Å²) in [6.07, 6.45) is 0.940. The Hall–Kier alpha value is -1.44. The summed E-state index contributed by atoms with van der Waals surface area (Å²) >= 11 is 3.50. The van der Waals surface area contributed by atoms with Gasteiger partial charge in [0.25, 0.3) is 6.47 Å². The Morgan fingerprint density at radius 2 is 1.92 bits per heavy atom. The molecular formula is C19H30BrN3O3. The number of carbonyl (C=O) groups is 2. The molecule has 1 heterocycles. The third kappa shape index (κ3) is 8.78. The molecule has 6 nitrogen and oxygen atoms in total. The molecule has 146 valence electrons. The zero-order chi connectivity index (χ0) is 19.6. The summed E-state index contributed by atoms with van der Waals surface area (Å²) < 4.78 is 5.59. The minimum Gasteiger partial charge on any atom is -0.462 e. The van der Waals surface area contributed by atoms with Gasteiger partial charge in [0, 0.05) is 49.9 Å². The van der Waals surface area contributed by atoms with Crippen LogP contribution in [0.4, 0.5) is 5.69 Å². The van der Waals surface area contributed by atoms with Gasteiger partial charge >= 0.3 is 0 Å². The molecule has 1 saturated heterocycles. The number of hydrogen-bond acceptors (Lipinski definition) is 6. The molecule has 7 heteroatoms. The van der Waals surface area contributed by atoms with E-state index in [1.165, 1.54) is 5.56 Å². The fraction of sp³-hybridized carbons (Fsp3) is 0.579. The molecule has 0 amide bonds. The highest BCUT2D eigenvalue weighted by Gasteiger charge is 2.14. The van der Waals surface area contributed by atoms with Gasteiger partial charge in [-0.25, -0.2) is 0 Å². The Morgan fingerprint density at radius 1 is 1.27 bits per heavy atom. The first kappa shape index (κ1) is 22.6. The van der Waals surface area contributed by atoms with Crippen molar-refractivity contribution in [2.75, 3.05) is 44.7 Å². The number of rotatable bonds is 6. The molecule has 0 aromatic heterocycles. The van der Waals surface area contributed by atoms with Crippen molar-refractivity contribution in [3.05, 3.63) is 28.2 Å². The van der Waals surface area contributed by atoms with Gasteiger partial charge in [0.15, 0.2) is 0 Å².